The first kappa shape index (κ1) is 15.0. The van der Waals surface area contributed by atoms with Gasteiger partial charge in [0.15, 0.2) is 0 Å². The van der Waals surface area contributed by atoms with E-state index in [2.05, 4.69) is 21.2 Å². The maximum Gasteiger partial charge on any atom is 0.123 e. The van der Waals surface area contributed by atoms with Crippen LogP contribution in [0.3, 0.4) is 0 Å². The molecule has 2 aromatic rings. The lowest BCUT2D eigenvalue weighted by atomic mass is 10.1. The Balaban J connectivity index is 1.91. The van der Waals surface area contributed by atoms with Crippen LogP contribution in [-0.2, 0) is 6.54 Å². The van der Waals surface area contributed by atoms with E-state index in [1.807, 2.05) is 48.5 Å². The summed E-state index contributed by atoms with van der Waals surface area (Å²) in [5, 5.41) is 13.3. The number of rotatable bonds is 6. The zero-order valence-corrected chi connectivity index (χ0v) is 12.9. The van der Waals surface area contributed by atoms with Crippen LogP contribution in [0.4, 0.5) is 0 Å². The Kier molecular flexibility index (Phi) is 5.59. The van der Waals surface area contributed by atoms with Gasteiger partial charge in [0.05, 0.1) is 13.2 Å². The van der Waals surface area contributed by atoms with Gasteiger partial charge in [-0.3, -0.25) is 0 Å². The normalized spacial score (nSPS) is 12.2. The summed E-state index contributed by atoms with van der Waals surface area (Å²) in [4.78, 5) is 0. The average molecular weight is 336 g/mol. The van der Waals surface area contributed by atoms with Crippen LogP contribution in [0.15, 0.2) is 53.0 Å². The van der Waals surface area contributed by atoms with E-state index in [1.165, 1.54) is 0 Å². The minimum atomic E-state index is -0.505. The van der Waals surface area contributed by atoms with Crippen molar-refractivity contribution < 1.29 is 9.84 Å². The summed E-state index contributed by atoms with van der Waals surface area (Å²) in [6.45, 7) is 1.15. The van der Waals surface area contributed by atoms with Crippen molar-refractivity contribution in [2.45, 2.75) is 12.6 Å². The van der Waals surface area contributed by atoms with Crippen LogP contribution in [-0.4, -0.2) is 18.8 Å². The first-order valence-corrected chi connectivity index (χ1v) is 7.26. The minimum Gasteiger partial charge on any atom is -0.496 e. The molecule has 0 heterocycles. The summed E-state index contributed by atoms with van der Waals surface area (Å²) < 4.78 is 6.33. The largest absolute Gasteiger partial charge is 0.496 e. The molecule has 0 saturated heterocycles. The van der Waals surface area contributed by atoms with Crippen LogP contribution >= 0.6 is 15.9 Å². The Morgan fingerprint density at radius 2 is 1.95 bits per heavy atom. The van der Waals surface area contributed by atoms with Gasteiger partial charge in [0.2, 0.25) is 0 Å². The van der Waals surface area contributed by atoms with Gasteiger partial charge >= 0.3 is 0 Å². The zero-order chi connectivity index (χ0) is 14.4. The van der Waals surface area contributed by atoms with Gasteiger partial charge in [0, 0.05) is 23.1 Å². The highest BCUT2D eigenvalue weighted by molar-refractivity contribution is 9.10. The number of halogens is 1. The third kappa shape index (κ3) is 4.07. The monoisotopic (exact) mass is 335 g/mol. The van der Waals surface area contributed by atoms with Crippen LogP contribution in [0.5, 0.6) is 5.75 Å². The quantitative estimate of drug-likeness (QED) is 0.851. The van der Waals surface area contributed by atoms with Gasteiger partial charge in [-0.15, -0.1) is 0 Å². The van der Waals surface area contributed by atoms with Gasteiger partial charge < -0.3 is 15.2 Å². The third-order valence-electron chi connectivity index (χ3n) is 3.08. The summed E-state index contributed by atoms with van der Waals surface area (Å²) in [5.74, 6) is 0.843. The summed E-state index contributed by atoms with van der Waals surface area (Å²) in [7, 11) is 1.66. The summed E-state index contributed by atoms with van der Waals surface area (Å²) >= 11 is 3.45. The van der Waals surface area contributed by atoms with E-state index in [9.17, 15) is 5.11 Å². The lowest BCUT2D eigenvalue weighted by molar-refractivity contribution is 0.174. The van der Waals surface area contributed by atoms with Crippen molar-refractivity contribution in [3.05, 3.63) is 64.1 Å². The van der Waals surface area contributed by atoms with Gasteiger partial charge in [-0.25, -0.2) is 0 Å². The van der Waals surface area contributed by atoms with E-state index >= 15 is 0 Å². The van der Waals surface area contributed by atoms with Gasteiger partial charge in [-0.2, -0.15) is 0 Å². The Morgan fingerprint density at radius 1 is 1.20 bits per heavy atom. The summed E-state index contributed by atoms with van der Waals surface area (Å²) in [5.41, 5.74) is 1.98. The number of nitrogens with one attached hydrogen (secondary N) is 1. The fourth-order valence-electron chi connectivity index (χ4n) is 2.02. The molecule has 0 amide bonds. The fourth-order valence-corrected chi connectivity index (χ4v) is 2.43. The Hall–Kier alpha value is -1.36. The molecule has 106 valence electrons. The molecule has 0 aliphatic carbocycles. The molecule has 0 aliphatic rings. The van der Waals surface area contributed by atoms with Crippen LogP contribution in [0.1, 0.15) is 17.2 Å². The number of benzene rings is 2. The molecular weight excluding hydrogens is 318 g/mol. The van der Waals surface area contributed by atoms with E-state index in [1.54, 1.807) is 7.11 Å². The van der Waals surface area contributed by atoms with Gasteiger partial charge in [-0.1, -0.05) is 46.3 Å². The Labute approximate surface area is 127 Å². The van der Waals surface area contributed by atoms with Crippen molar-refractivity contribution in [2.24, 2.45) is 0 Å². The highest BCUT2D eigenvalue weighted by Gasteiger charge is 2.08. The summed E-state index contributed by atoms with van der Waals surface area (Å²) in [6, 6.07) is 15.5. The van der Waals surface area contributed by atoms with Crippen molar-refractivity contribution in [3.63, 3.8) is 0 Å². The number of hydrogen-bond donors (Lipinski definition) is 2. The first-order valence-electron chi connectivity index (χ1n) is 6.47. The number of methoxy groups -OCH3 is 1. The average Bonchev–Trinajstić information content (AvgIpc) is 2.48. The highest BCUT2D eigenvalue weighted by atomic mass is 79.9. The van der Waals surface area contributed by atoms with Gasteiger partial charge in [0.25, 0.3) is 0 Å². The number of ether oxygens (including phenoxy) is 1. The molecule has 20 heavy (non-hydrogen) atoms. The van der Waals surface area contributed by atoms with Crippen molar-refractivity contribution in [3.8, 4) is 5.75 Å². The molecule has 4 heteroatoms. The van der Waals surface area contributed by atoms with E-state index in [0.29, 0.717) is 13.1 Å². The maximum atomic E-state index is 10.1. The van der Waals surface area contributed by atoms with Crippen molar-refractivity contribution >= 4 is 15.9 Å². The zero-order valence-electron chi connectivity index (χ0n) is 11.3. The lowest BCUT2D eigenvalue weighted by Gasteiger charge is -2.14. The van der Waals surface area contributed by atoms with Crippen LogP contribution in [0, 0.1) is 0 Å². The van der Waals surface area contributed by atoms with Crippen molar-refractivity contribution in [1.82, 2.24) is 5.32 Å². The molecule has 2 aromatic carbocycles. The lowest BCUT2D eigenvalue weighted by Crippen LogP contribution is -2.21. The first-order chi connectivity index (χ1) is 9.70. The second-order valence-electron chi connectivity index (χ2n) is 4.51. The van der Waals surface area contributed by atoms with Crippen LogP contribution < -0.4 is 10.1 Å². The molecule has 0 aliphatic heterocycles. The van der Waals surface area contributed by atoms with Crippen LogP contribution in [0.25, 0.3) is 0 Å². The van der Waals surface area contributed by atoms with E-state index < -0.39 is 6.10 Å². The molecule has 0 unspecified atom stereocenters. The molecule has 1 atom stereocenters. The molecule has 2 N–H and O–H groups in total. The van der Waals surface area contributed by atoms with Crippen molar-refractivity contribution in [1.29, 1.82) is 0 Å². The maximum absolute atomic E-state index is 10.1. The molecule has 2 rings (SSSR count). The standard InChI is InChI=1S/C16H18BrNO2/c1-20-16-8-7-14(17)9-13(16)10-18-11-15(19)12-5-3-2-4-6-12/h2-9,15,18-19H,10-11H2,1H3/t15-/m1/s1. The Morgan fingerprint density at radius 3 is 2.65 bits per heavy atom. The molecule has 0 aromatic heterocycles. The van der Waals surface area contributed by atoms with Crippen molar-refractivity contribution in [2.75, 3.05) is 13.7 Å². The Bertz CT molecular complexity index is 545. The predicted molar refractivity (Wildman–Crippen MR) is 83.8 cm³/mol. The minimum absolute atomic E-state index is 0.500. The number of aliphatic hydroxyl groups is 1. The SMILES string of the molecule is COc1ccc(Br)cc1CNC[C@@H](O)c1ccccc1. The molecule has 0 saturated carbocycles. The molecule has 0 spiro atoms. The predicted octanol–water partition coefficient (Wildman–Crippen LogP) is 3.28. The molecule has 3 nitrogen and oxygen atoms in total. The molecule has 0 bridgehead atoms. The second-order valence-corrected chi connectivity index (χ2v) is 5.43. The van der Waals surface area contributed by atoms with E-state index in [4.69, 9.17) is 4.74 Å². The van der Waals surface area contributed by atoms with Gasteiger partial charge in [-0.05, 0) is 23.8 Å². The van der Waals surface area contributed by atoms with Gasteiger partial charge in [0.1, 0.15) is 5.75 Å². The van der Waals surface area contributed by atoms with Crippen LogP contribution in [0.2, 0.25) is 0 Å². The fraction of sp³-hybridized carbons (Fsp3) is 0.250. The highest BCUT2D eigenvalue weighted by Crippen LogP contribution is 2.22. The topological polar surface area (TPSA) is 41.5 Å². The number of hydrogen-bond acceptors (Lipinski definition) is 3. The smallest absolute Gasteiger partial charge is 0.123 e. The molecule has 0 fully saturated rings. The third-order valence-corrected chi connectivity index (χ3v) is 3.57. The summed E-state index contributed by atoms with van der Waals surface area (Å²) in [6.07, 6.45) is -0.505. The van der Waals surface area contributed by atoms with E-state index in [-0.39, 0.29) is 0 Å². The van der Waals surface area contributed by atoms with E-state index in [0.717, 1.165) is 21.3 Å². The number of aliphatic hydroxyl groups excluding tert-OH is 1. The molecule has 0 radical (unpaired) electrons. The molecular formula is C16H18BrNO2. The second kappa shape index (κ2) is 7.43.